The summed E-state index contributed by atoms with van der Waals surface area (Å²) >= 11 is 0. The van der Waals surface area contributed by atoms with Crippen LogP contribution in [0.1, 0.15) is 12.8 Å². The summed E-state index contributed by atoms with van der Waals surface area (Å²) in [5.74, 6) is 1.74. The van der Waals surface area contributed by atoms with E-state index in [2.05, 4.69) is 30.6 Å². The molecule has 9 nitrogen and oxygen atoms in total. The molecule has 28 heavy (non-hydrogen) atoms. The fraction of sp³-hybridized carbons (Fsp3) is 0.368. The SMILES string of the molecule is Cn1nc(OCC2CCOCC2)c2ncc(Nc3n[nH]c4cccnc34)cc21. The number of rotatable bonds is 5. The second-order valence-electron chi connectivity index (χ2n) is 6.98. The molecular formula is C19H21N7O2. The summed E-state index contributed by atoms with van der Waals surface area (Å²) in [5, 5.41) is 15.0. The second-order valence-corrected chi connectivity index (χ2v) is 6.98. The van der Waals surface area contributed by atoms with Gasteiger partial charge in [-0.15, -0.1) is 5.10 Å². The van der Waals surface area contributed by atoms with Gasteiger partial charge in [-0.3, -0.25) is 14.8 Å². The highest BCUT2D eigenvalue weighted by Gasteiger charge is 2.18. The Morgan fingerprint density at radius 2 is 2.18 bits per heavy atom. The molecule has 0 saturated carbocycles. The fourth-order valence-electron chi connectivity index (χ4n) is 3.45. The molecule has 4 aromatic rings. The number of anilines is 2. The highest BCUT2D eigenvalue weighted by atomic mass is 16.5. The van der Waals surface area contributed by atoms with Gasteiger partial charge in [0.1, 0.15) is 5.52 Å². The minimum absolute atomic E-state index is 0.507. The number of H-pyrrole nitrogens is 1. The van der Waals surface area contributed by atoms with Crippen molar-refractivity contribution in [3.63, 3.8) is 0 Å². The van der Waals surface area contributed by atoms with Gasteiger partial charge in [-0.05, 0) is 37.0 Å². The molecule has 4 aromatic heterocycles. The Morgan fingerprint density at radius 1 is 1.29 bits per heavy atom. The van der Waals surface area contributed by atoms with Crippen molar-refractivity contribution in [1.29, 1.82) is 0 Å². The number of nitrogens with zero attached hydrogens (tertiary/aromatic N) is 5. The Balaban J connectivity index is 1.38. The zero-order valence-corrected chi connectivity index (χ0v) is 15.6. The number of fused-ring (bicyclic) bond motifs is 2. The van der Waals surface area contributed by atoms with Gasteiger partial charge in [0.05, 0.1) is 29.5 Å². The number of ether oxygens (including phenoxy) is 2. The Labute approximate surface area is 161 Å². The molecule has 5 rings (SSSR count). The molecule has 0 spiro atoms. The van der Waals surface area contributed by atoms with Crippen LogP contribution in [0.25, 0.3) is 22.1 Å². The Kier molecular flexibility index (Phi) is 4.28. The van der Waals surface area contributed by atoms with Crippen LogP contribution in [0.5, 0.6) is 5.88 Å². The monoisotopic (exact) mass is 379 g/mol. The molecule has 0 aromatic carbocycles. The third-order valence-corrected chi connectivity index (χ3v) is 5.04. The van der Waals surface area contributed by atoms with Gasteiger partial charge in [0, 0.05) is 26.5 Å². The van der Waals surface area contributed by atoms with Crippen molar-refractivity contribution in [2.24, 2.45) is 13.0 Å². The van der Waals surface area contributed by atoms with E-state index in [0.717, 1.165) is 53.8 Å². The summed E-state index contributed by atoms with van der Waals surface area (Å²) in [7, 11) is 1.89. The van der Waals surface area contributed by atoms with Crippen LogP contribution < -0.4 is 10.1 Å². The average Bonchev–Trinajstić information content (AvgIpc) is 3.28. The molecule has 0 amide bonds. The molecule has 0 bridgehead atoms. The first-order chi connectivity index (χ1) is 13.8. The molecular weight excluding hydrogens is 358 g/mol. The van der Waals surface area contributed by atoms with Crippen molar-refractivity contribution in [2.75, 3.05) is 25.1 Å². The van der Waals surface area contributed by atoms with E-state index in [-0.39, 0.29) is 0 Å². The summed E-state index contributed by atoms with van der Waals surface area (Å²) in [4.78, 5) is 8.94. The Bertz CT molecular complexity index is 1110. The van der Waals surface area contributed by atoms with Gasteiger partial charge >= 0.3 is 0 Å². The van der Waals surface area contributed by atoms with Gasteiger partial charge in [0.15, 0.2) is 11.3 Å². The second kappa shape index (κ2) is 7.08. The Morgan fingerprint density at radius 3 is 3.07 bits per heavy atom. The van der Waals surface area contributed by atoms with Gasteiger partial charge in [-0.2, -0.15) is 5.10 Å². The predicted octanol–water partition coefficient (Wildman–Crippen LogP) is 2.79. The number of aromatic nitrogens is 6. The van der Waals surface area contributed by atoms with Gasteiger partial charge in [-0.25, -0.2) is 4.98 Å². The highest BCUT2D eigenvalue weighted by Crippen LogP contribution is 2.28. The maximum atomic E-state index is 5.99. The standard InChI is InChI=1S/C19H21N7O2/c1-26-15-9-13(22-18-16-14(23-24-18)3-2-6-20-16)10-21-17(15)19(25-26)28-11-12-4-7-27-8-5-12/h2-3,6,9-10,12H,4-5,7-8,11H2,1H3,(H2,22,23,24). The number of hydrogen-bond donors (Lipinski definition) is 2. The largest absolute Gasteiger partial charge is 0.475 e. The molecule has 1 fully saturated rings. The van der Waals surface area contributed by atoms with Crippen molar-refractivity contribution in [1.82, 2.24) is 29.9 Å². The molecule has 0 unspecified atom stereocenters. The lowest BCUT2D eigenvalue weighted by molar-refractivity contribution is 0.0491. The van der Waals surface area contributed by atoms with Crippen molar-refractivity contribution < 1.29 is 9.47 Å². The van der Waals surface area contributed by atoms with E-state index in [0.29, 0.717) is 24.2 Å². The van der Waals surface area contributed by atoms with Crippen LogP contribution in [0.15, 0.2) is 30.6 Å². The van der Waals surface area contributed by atoms with Gasteiger partial charge < -0.3 is 14.8 Å². The third kappa shape index (κ3) is 3.13. The number of nitrogens with one attached hydrogen (secondary N) is 2. The first-order valence-electron chi connectivity index (χ1n) is 9.37. The zero-order chi connectivity index (χ0) is 18.9. The van der Waals surface area contributed by atoms with E-state index in [1.165, 1.54) is 0 Å². The number of hydrogen-bond acceptors (Lipinski definition) is 7. The first-order valence-corrected chi connectivity index (χ1v) is 9.37. The van der Waals surface area contributed by atoms with E-state index >= 15 is 0 Å². The minimum Gasteiger partial charge on any atom is -0.475 e. The summed E-state index contributed by atoms with van der Waals surface area (Å²) < 4.78 is 13.2. The van der Waals surface area contributed by atoms with Crippen molar-refractivity contribution in [2.45, 2.75) is 12.8 Å². The first kappa shape index (κ1) is 16.9. The van der Waals surface area contributed by atoms with Crippen LogP contribution in [0.3, 0.4) is 0 Å². The summed E-state index contributed by atoms with van der Waals surface area (Å²) in [6, 6.07) is 5.79. The molecule has 1 saturated heterocycles. The molecule has 5 heterocycles. The van der Waals surface area contributed by atoms with Crippen LogP contribution in [0, 0.1) is 5.92 Å². The normalized spacial score (nSPS) is 15.3. The Hall–Kier alpha value is -3.20. The lowest BCUT2D eigenvalue weighted by Gasteiger charge is -2.21. The van der Waals surface area contributed by atoms with Crippen molar-refractivity contribution in [3.05, 3.63) is 30.6 Å². The molecule has 0 aliphatic carbocycles. The quantitative estimate of drug-likeness (QED) is 0.549. The molecule has 1 aliphatic rings. The lowest BCUT2D eigenvalue weighted by Crippen LogP contribution is -2.21. The molecule has 0 atom stereocenters. The van der Waals surface area contributed by atoms with E-state index in [9.17, 15) is 0 Å². The molecule has 1 aliphatic heterocycles. The van der Waals surface area contributed by atoms with Crippen molar-refractivity contribution in [3.8, 4) is 5.88 Å². The van der Waals surface area contributed by atoms with Crippen LogP contribution in [-0.2, 0) is 11.8 Å². The number of aryl methyl sites for hydroxylation is 1. The number of aromatic amines is 1. The third-order valence-electron chi connectivity index (χ3n) is 5.04. The van der Waals surface area contributed by atoms with Crippen LogP contribution >= 0.6 is 0 Å². The maximum Gasteiger partial charge on any atom is 0.259 e. The van der Waals surface area contributed by atoms with E-state index < -0.39 is 0 Å². The zero-order valence-electron chi connectivity index (χ0n) is 15.6. The number of pyridine rings is 2. The molecule has 2 N–H and O–H groups in total. The predicted molar refractivity (Wildman–Crippen MR) is 105 cm³/mol. The smallest absolute Gasteiger partial charge is 0.259 e. The van der Waals surface area contributed by atoms with Gasteiger partial charge in [0.25, 0.3) is 5.88 Å². The van der Waals surface area contributed by atoms with Gasteiger partial charge in [0.2, 0.25) is 0 Å². The van der Waals surface area contributed by atoms with Crippen LogP contribution in [0.2, 0.25) is 0 Å². The summed E-state index contributed by atoms with van der Waals surface area (Å²) in [6.45, 7) is 2.25. The molecule has 9 heteroatoms. The van der Waals surface area contributed by atoms with Gasteiger partial charge in [-0.1, -0.05) is 0 Å². The minimum atomic E-state index is 0.507. The lowest BCUT2D eigenvalue weighted by atomic mass is 10.0. The summed E-state index contributed by atoms with van der Waals surface area (Å²) in [5.41, 5.74) is 4.12. The van der Waals surface area contributed by atoms with Crippen molar-refractivity contribution >= 4 is 33.6 Å². The van der Waals surface area contributed by atoms with Crippen LogP contribution in [-0.4, -0.2) is 49.8 Å². The van der Waals surface area contributed by atoms with Crippen LogP contribution in [0.4, 0.5) is 11.5 Å². The fourth-order valence-corrected chi connectivity index (χ4v) is 3.45. The maximum absolute atomic E-state index is 5.99. The average molecular weight is 379 g/mol. The topological polar surface area (TPSA) is 103 Å². The van der Waals surface area contributed by atoms with E-state index in [1.54, 1.807) is 17.1 Å². The van der Waals surface area contributed by atoms with E-state index in [1.807, 2.05) is 25.2 Å². The van der Waals surface area contributed by atoms with E-state index in [4.69, 9.17) is 9.47 Å². The molecule has 144 valence electrons. The molecule has 0 radical (unpaired) electrons. The highest BCUT2D eigenvalue weighted by molar-refractivity contribution is 5.89. The summed E-state index contributed by atoms with van der Waals surface area (Å²) in [6.07, 6.45) is 5.55.